The lowest BCUT2D eigenvalue weighted by atomic mass is 9.97. The topological polar surface area (TPSA) is 67.8 Å². The van der Waals surface area contributed by atoms with Gasteiger partial charge in [0, 0.05) is 17.1 Å². The Hall–Kier alpha value is -2.57. The maximum absolute atomic E-state index is 13.6. The van der Waals surface area contributed by atoms with Gasteiger partial charge in [-0.05, 0) is 40.2 Å². The van der Waals surface area contributed by atoms with Crippen molar-refractivity contribution >= 4 is 44.3 Å². The second-order valence-corrected chi connectivity index (χ2v) is 7.15. The number of ketones is 1. The highest BCUT2D eigenvalue weighted by Crippen LogP contribution is 2.32. The molecule has 5 nitrogen and oxygen atoms in total. The van der Waals surface area contributed by atoms with Crippen LogP contribution in [0, 0.1) is 17.1 Å². The van der Waals surface area contributed by atoms with Crippen LogP contribution in [0.2, 0.25) is 5.02 Å². The first-order valence-electron chi connectivity index (χ1n) is 7.77. The molecule has 0 fully saturated rings. The van der Waals surface area contributed by atoms with Crippen LogP contribution >= 0.6 is 27.5 Å². The third-order valence-corrected chi connectivity index (χ3v) is 5.16. The molecule has 0 spiro atoms. The summed E-state index contributed by atoms with van der Waals surface area (Å²) in [5.41, 5.74) is -1.19. The number of carbonyl (C=O) groups excluding carboxylic acids is 1. The van der Waals surface area contributed by atoms with Crippen molar-refractivity contribution in [1.82, 2.24) is 9.13 Å². The molecular weight excluding hydrogens is 463 g/mol. The minimum Gasteiger partial charge on any atom is -0.294 e. The molecule has 0 amide bonds. The number of benzene rings is 2. The fraction of sp³-hybridized carbons (Fsp3) is 0.167. The van der Waals surface area contributed by atoms with Crippen LogP contribution in [0.25, 0.3) is 11.0 Å². The van der Waals surface area contributed by atoms with Gasteiger partial charge in [-0.25, -0.2) is 18.0 Å². The molecule has 10 heteroatoms. The molecule has 0 saturated carbocycles. The minimum absolute atomic E-state index is 0.0206. The summed E-state index contributed by atoms with van der Waals surface area (Å²) in [6.45, 7) is -0.865. The molecule has 0 bridgehead atoms. The van der Waals surface area contributed by atoms with Crippen molar-refractivity contribution in [1.29, 1.82) is 5.26 Å². The standard InChI is InChI=1S/C18H10BrClF3N3O2/c1-25-16-10(6-24)15(17(27)9-4-8(21)2-3-12(9)20)11(19)5-13(16)26(18(25)28)7-14(22)23/h2-5,14H,7H2,1H3. The molecular formula is C18H10BrClF3N3O2. The van der Waals surface area contributed by atoms with Gasteiger partial charge in [0.25, 0.3) is 6.43 Å². The van der Waals surface area contributed by atoms with Gasteiger partial charge in [0.05, 0.1) is 33.7 Å². The second-order valence-electron chi connectivity index (χ2n) is 5.88. The van der Waals surface area contributed by atoms with E-state index in [2.05, 4.69) is 15.9 Å². The molecule has 0 saturated heterocycles. The average Bonchev–Trinajstić information content (AvgIpc) is 2.86. The van der Waals surface area contributed by atoms with Crippen LogP contribution in [-0.2, 0) is 13.6 Å². The monoisotopic (exact) mass is 471 g/mol. The van der Waals surface area contributed by atoms with Gasteiger partial charge in [0.1, 0.15) is 11.9 Å². The Morgan fingerprint density at radius 2 is 2.04 bits per heavy atom. The van der Waals surface area contributed by atoms with E-state index >= 15 is 0 Å². The zero-order valence-corrected chi connectivity index (χ0v) is 16.5. The highest BCUT2D eigenvalue weighted by molar-refractivity contribution is 9.10. The highest BCUT2D eigenvalue weighted by Gasteiger charge is 2.26. The molecule has 0 atom stereocenters. The van der Waals surface area contributed by atoms with Crippen molar-refractivity contribution in [3.8, 4) is 6.07 Å². The summed E-state index contributed by atoms with van der Waals surface area (Å²) in [5, 5.41) is 9.64. The maximum atomic E-state index is 13.6. The molecule has 0 N–H and O–H groups in total. The molecule has 0 radical (unpaired) electrons. The quantitative estimate of drug-likeness (QED) is 0.533. The van der Waals surface area contributed by atoms with Crippen molar-refractivity contribution in [2.24, 2.45) is 7.05 Å². The highest BCUT2D eigenvalue weighted by atomic mass is 79.9. The number of imidazole rings is 1. The van der Waals surface area contributed by atoms with Gasteiger partial charge in [0.2, 0.25) is 0 Å². The summed E-state index contributed by atoms with van der Waals surface area (Å²) in [7, 11) is 1.31. The Morgan fingerprint density at radius 3 is 2.64 bits per heavy atom. The van der Waals surface area contributed by atoms with Crippen molar-refractivity contribution in [3.63, 3.8) is 0 Å². The largest absolute Gasteiger partial charge is 0.329 e. The molecule has 1 aromatic heterocycles. The van der Waals surface area contributed by atoms with Gasteiger partial charge in [-0.15, -0.1) is 0 Å². The van der Waals surface area contributed by atoms with Crippen molar-refractivity contribution in [2.75, 3.05) is 0 Å². The fourth-order valence-electron chi connectivity index (χ4n) is 3.00. The Morgan fingerprint density at radius 1 is 1.36 bits per heavy atom. The third-order valence-electron chi connectivity index (χ3n) is 4.21. The molecule has 1 heterocycles. The number of nitriles is 1. The first-order chi connectivity index (χ1) is 13.2. The number of rotatable bonds is 4. The van der Waals surface area contributed by atoms with E-state index in [9.17, 15) is 28.0 Å². The predicted octanol–water partition coefficient (Wildman–Crippen LogP) is 4.26. The van der Waals surface area contributed by atoms with E-state index in [0.29, 0.717) is 0 Å². The van der Waals surface area contributed by atoms with Crippen molar-refractivity contribution in [2.45, 2.75) is 13.0 Å². The second kappa shape index (κ2) is 7.45. The van der Waals surface area contributed by atoms with Crippen LogP contribution in [0.15, 0.2) is 33.5 Å². The molecule has 144 valence electrons. The van der Waals surface area contributed by atoms with Crippen LogP contribution in [-0.4, -0.2) is 21.3 Å². The fourth-order valence-corrected chi connectivity index (χ4v) is 3.80. The van der Waals surface area contributed by atoms with Crippen LogP contribution in [0.3, 0.4) is 0 Å². The van der Waals surface area contributed by atoms with Gasteiger partial charge in [0.15, 0.2) is 5.78 Å². The lowest BCUT2D eigenvalue weighted by Gasteiger charge is -2.11. The summed E-state index contributed by atoms with van der Waals surface area (Å²) in [6.07, 6.45) is -2.79. The first kappa shape index (κ1) is 20.2. The summed E-state index contributed by atoms with van der Waals surface area (Å²) < 4.78 is 41.3. The third kappa shape index (κ3) is 3.23. The Balaban J connectivity index is 2.37. The minimum atomic E-state index is -2.79. The van der Waals surface area contributed by atoms with E-state index in [-0.39, 0.29) is 37.2 Å². The number of hydrogen-bond acceptors (Lipinski definition) is 3. The molecule has 0 unspecified atom stereocenters. The lowest BCUT2D eigenvalue weighted by molar-refractivity contribution is 0.103. The summed E-state index contributed by atoms with van der Waals surface area (Å²) in [5.74, 6) is -1.44. The smallest absolute Gasteiger partial charge is 0.294 e. The SMILES string of the molecule is Cn1c(=O)n(CC(F)F)c2cc(Br)c(C(=O)c3cc(F)ccc3Cl)c(C#N)c21. The van der Waals surface area contributed by atoms with Crippen LogP contribution in [0.5, 0.6) is 0 Å². The van der Waals surface area contributed by atoms with Gasteiger partial charge in [-0.3, -0.25) is 13.9 Å². The molecule has 3 rings (SSSR count). The van der Waals surface area contributed by atoms with E-state index in [4.69, 9.17) is 11.6 Å². The lowest BCUT2D eigenvalue weighted by Crippen LogP contribution is -2.24. The number of carbonyl (C=O) groups is 1. The van der Waals surface area contributed by atoms with Gasteiger partial charge < -0.3 is 0 Å². The maximum Gasteiger partial charge on any atom is 0.329 e. The van der Waals surface area contributed by atoms with Crippen molar-refractivity contribution in [3.05, 3.63) is 66.8 Å². The zero-order valence-electron chi connectivity index (χ0n) is 14.1. The Bertz CT molecular complexity index is 1230. The molecule has 0 aliphatic rings. The van der Waals surface area contributed by atoms with E-state index in [1.54, 1.807) is 0 Å². The Kier molecular flexibility index (Phi) is 5.37. The number of fused-ring (bicyclic) bond motifs is 1. The van der Waals surface area contributed by atoms with E-state index in [1.165, 1.54) is 19.2 Å². The van der Waals surface area contributed by atoms with Gasteiger partial charge in [-0.1, -0.05) is 11.6 Å². The number of halogens is 5. The summed E-state index contributed by atoms with van der Waals surface area (Å²) >= 11 is 9.16. The Labute approximate surface area is 169 Å². The van der Waals surface area contributed by atoms with E-state index in [0.717, 1.165) is 21.3 Å². The molecule has 28 heavy (non-hydrogen) atoms. The number of aryl methyl sites for hydroxylation is 1. The van der Waals surface area contributed by atoms with Crippen LogP contribution in [0.1, 0.15) is 21.5 Å². The van der Waals surface area contributed by atoms with Crippen LogP contribution < -0.4 is 5.69 Å². The van der Waals surface area contributed by atoms with Crippen LogP contribution in [0.4, 0.5) is 13.2 Å². The summed E-state index contributed by atoms with van der Waals surface area (Å²) in [4.78, 5) is 25.4. The molecule has 0 aliphatic heterocycles. The normalized spacial score (nSPS) is 11.2. The molecule has 3 aromatic rings. The van der Waals surface area contributed by atoms with E-state index in [1.807, 2.05) is 6.07 Å². The molecule has 2 aromatic carbocycles. The number of nitrogens with zero attached hydrogens (tertiary/aromatic N) is 3. The first-order valence-corrected chi connectivity index (χ1v) is 8.94. The molecule has 0 aliphatic carbocycles. The van der Waals surface area contributed by atoms with Gasteiger partial charge >= 0.3 is 5.69 Å². The van der Waals surface area contributed by atoms with Crippen molar-refractivity contribution < 1.29 is 18.0 Å². The zero-order chi connectivity index (χ0) is 20.7. The average molecular weight is 473 g/mol. The predicted molar refractivity (Wildman–Crippen MR) is 100 cm³/mol. The van der Waals surface area contributed by atoms with Gasteiger partial charge in [-0.2, -0.15) is 5.26 Å². The number of aromatic nitrogens is 2. The van der Waals surface area contributed by atoms with E-state index < -0.39 is 30.3 Å². The number of hydrogen-bond donors (Lipinski definition) is 0. The number of alkyl halides is 2. The summed E-state index contributed by atoms with van der Waals surface area (Å²) in [6, 6.07) is 6.38.